The smallest absolute Gasteiger partial charge is 0.243 e. The molecule has 0 unspecified atom stereocenters. The van der Waals surface area contributed by atoms with Crippen molar-refractivity contribution in [3.05, 3.63) is 29.3 Å². The van der Waals surface area contributed by atoms with Crippen LogP contribution >= 0.6 is 11.6 Å². The Balaban J connectivity index is 2.34. The summed E-state index contributed by atoms with van der Waals surface area (Å²) in [5.41, 5.74) is 0.641. The number of hydrogen-bond acceptors (Lipinski definition) is 3. The van der Waals surface area contributed by atoms with E-state index in [1.165, 1.54) is 0 Å². The maximum atomic E-state index is 11.4. The molecule has 0 bridgehead atoms. The van der Waals surface area contributed by atoms with E-state index in [0.29, 0.717) is 10.7 Å². The predicted octanol–water partition coefficient (Wildman–Crippen LogP) is 0.614. The third kappa shape index (κ3) is 5.33. The van der Waals surface area contributed by atoms with Gasteiger partial charge in [-0.05, 0) is 31.3 Å². The van der Waals surface area contributed by atoms with E-state index in [2.05, 4.69) is 16.0 Å². The van der Waals surface area contributed by atoms with E-state index in [9.17, 15) is 9.59 Å². The highest BCUT2D eigenvalue weighted by Gasteiger charge is 2.04. The molecule has 0 heterocycles. The molecule has 0 saturated carbocycles. The molecule has 2 amide bonds. The van der Waals surface area contributed by atoms with Crippen molar-refractivity contribution in [2.75, 3.05) is 25.5 Å². The molecule has 0 aliphatic carbocycles. The van der Waals surface area contributed by atoms with Gasteiger partial charge in [0.25, 0.3) is 0 Å². The lowest BCUT2D eigenvalue weighted by Gasteiger charge is -2.06. The van der Waals surface area contributed by atoms with Gasteiger partial charge in [-0.1, -0.05) is 11.6 Å². The van der Waals surface area contributed by atoms with Crippen LogP contribution in [0.5, 0.6) is 0 Å². The Morgan fingerprint density at radius 1 is 1.12 bits per heavy atom. The van der Waals surface area contributed by atoms with Crippen LogP contribution in [0.1, 0.15) is 0 Å². The molecule has 92 valence electrons. The van der Waals surface area contributed by atoms with Crippen LogP contribution in [-0.2, 0) is 9.59 Å². The number of carbonyl (C=O) groups is 2. The van der Waals surface area contributed by atoms with Gasteiger partial charge in [0.05, 0.1) is 13.1 Å². The third-order valence-electron chi connectivity index (χ3n) is 1.91. The van der Waals surface area contributed by atoms with Crippen molar-refractivity contribution >= 4 is 29.1 Å². The summed E-state index contributed by atoms with van der Waals surface area (Å²) in [5, 5.41) is 8.40. The minimum Gasteiger partial charge on any atom is -0.346 e. The monoisotopic (exact) mass is 255 g/mol. The Bertz CT molecular complexity index is 392. The Morgan fingerprint density at radius 2 is 1.76 bits per heavy atom. The molecular formula is C11H14ClN3O2. The van der Waals surface area contributed by atoms with Crippen LogP contribution < -0.4 is 16.0 Å². The number of amides is 2. The molecule has 0 fully saturated rings. The number of anilines is 1. The van der Waals surface area contributed by atoms with Gasteiger partial charge in [0, 0.05) is 10.7 Å². The molecule has 1 aromatic rings. The normalized spacial score (nSPS) is 9.76. The van der Waals surface area contributed by atoms with Crippen molar-refractivity contribution in [2.45, 2.75) is 0 Å². The first-order valence-corrected chi connectivity index (χ1v) is 5.46. The van der Waals surface area contributed by atoms with Crippen LogP contribution in [0.15, 0.2) is 24.3 Å². The number of rotatable bonds is 5. The van der Waals surface area contributed by atoms with Gasteiger partial charge in [0.1, 0.15) is 0 Å². The van der Waals surface area contributed by atoms with Crippen LogP contribution in [0.2, 0.25) is 5.02 Å². The molecule has 6 heteroatoms. The van der Waals surface area contributed by atoms with E-state index in [4.69, 9.17) is 11.6 Å². The topological polar surface area (TPSA) is 70.2 Å². The summed E-state index contributed by atoms with van der Waals surface area (Å²) in [6.07, 6.45) is 0. The molecule has 5 nitrogen and oxygen atoms in total. The number of benzene rings is 1. The number of nitrogens with one attached hydrogen (secondary N) is 3. The van der Waals surface area contributed by atoms with Crippen LogP contribution in [0.25, 0.3) is 0 Å². The van der Waals surface area contributed by atoms with Crippen LogP contribution in [0, 0.1) is 0 Å². The van der Waals surface area contributed by atoms with Crippen molar-refractivity contribution in [3.8, 4) is 0 Å². The summed E-state index contributed by atoms with van der Waals surface area (Å²) in [5.74, 6) is -0.504. The van der Waals surface area contributed by atoms with Gasteiger partial charge in [-0.25, -0.2) is 0 Å². The number of carbonyl (C=O) groups excluding carboxylic acids is 2. The standard InChI is InChI=1S/C11H14ClN3O2/c1-13-6-10(16)14-7-11(17)15-9-4-2-8(12)3-5-9/h2-5,13H,6-7H2,1H3,(H,14,16)(H,15,17). The number of halogens is 1. The van der Waals surface area contributed by atoms with Crippen molar-refractivity contribution < 1.29 is 9.59 Å². The van der Waals surface area contributed by atoms with E-state index in [1.807, 2.05) is 0 Å². The van der Waals surface area contributed by atoms with E-state index in [-0.39, 0.29) is 24.9 Å². The SMILES string of the molecule is CNCC(=O)NCC(=O)Nc1ccc(Cl)cc1. The van der Waals surface area contributed by atoms with Crippen LogP contribution in [-0.4, -0.2) is 32.0 Å². The fourth-order valence-corrected chi connectivity index (χ4v) is 1.27. The molecule has 17 heavy (non-hydrogen) atoms. The van der Waals surface area contributed by atoms with Crippen molar-refractivity contribution in [1.82, 2.24) is 10.6 Å². The quantitative estimate of drug-likeness (QED) is 0.722. The molecule has 0 saturated heterocycles. The van der Waals surface area contributed by atoms with Crippen molar-refractivity contribution in [3.63, 3.8) is 0 Å². The maximum absolute atomic E-state index is 11.4. The Labute approximate surface area is 105 Å². The lowest BCUT2D eigenvalue weighted by atomic mass is 10.3. The van der Waals surface area contributed by atoms with Gasteiger partial charge in [-0.3, -0.25) is 9.59 Å². The largest absolute Gasteiger partial charge is 0.346 e. The van der Waals surface area contributed by atoms with Crippen molar-refractivity contribution in [2.24, 2.45) is 0 Å². The minimum absolute atomic E-state index is 0.0524. The van der Waals surface area contributed by atoms with E-state index in [0.717, 1.165) is 0 Å². The minimum atomic E-state index is -0.281. The zero-order valence-electron chi connectivity index (χ0n) is 9.42. The van der Waals surface area contributed by atoms with Crippen LogP contribution in [0.4, 0.5) is 5.69 Å². The summed E-state index contributed by atoms with van der Waals surface area (Å²) < 4.78 is 0. The molecule has 0 aromatic heterocycles. The molecule has 0 atom stereocenters. The fraction of sp³-hybridized carbons (Fsp3) is 0.273. The summed E-state index contributed by atoms with van der Waals surface area (Å²) in [6.45, 7) is 0.136. The number of likely N-dealkylation sites (N-methyl/N-ethyl adjacent to an activating group) is 1. The molecule has 0 aliphatic rings. The van der Waals surface area contributed by atoms with Gasteiger partial charge in [0.2, 0.25) is 11.8 Å². The van der Waals surface area contributed by atoms with E-state index < -0.39 is 0 Å². The lowest BCUT2D eigenvalue weighted by Crippen LogP contribution is -2.37. The Hall–Kier alpha value is -1.59. The highest BCUT2D eigenvalue weighted by molar-refractivity contribution is 6.30. The van der Waals surface area contributed by atoms with Gasteiger partial charge < -0.3 is 16.0 Å². The van der Waals surface area contributed by atoms with E-state index in [1.54, 1.807) is 31.3 Å². The predicted molar refractivity (Wildman–Crippen MR) is 67.0 cm³/mol. The van der Waals surface area contributed by atoms with Gasteiger partial charge in [0.15, 0.2) is 0 Å². The van der Waals surface area contributed by atoms with Gasteiger partial charge >= 0.3 is 0 Å². The summed E-state index contributed by atoms with van der Waals surface area (Å²) in [7, 11) is 1.66. The summed E-state index contributed by atoms with van der Waals surface area (Å²) in [4.78, 5) is 22.5. The molecule has 0 radical (unpaired) electrons. The second-order valence-corrected chi connectivity index (χ2v) is 3.80. The first-order valence-electron chi connectivity index (χ1n) is 5.08. The highest BCUT2D eigenvalue weighted by atomic mass is 35.5. The second-order valence-electron chi connectivity index (χ2n) is 3.36. The first-order chi connectivity index (χ1) is 8.11. The average molecular weight is 256 g/mol. The fourth-order valence-electron chi connectivity index (χ4n) is 1.14. The lowest BCUT2D eigenvalue weighted by molar-refractivity contribution is -0.123. The summed E-state index contributed by atoms with van der Waals surface area (Å²) in [6, 6.07) is 6.73. The molecule has 0 aliphatic heterocycles. The Morgan fingerprint density at radius 3 is 2.35 bits per heavy atom. The third-order valence-corrected chi connectivity index (χ3v) is 2.16. The van der Waals surface area contributed by atoms with Gasteiger partial charge in [-0.15, -0.1) is 0 Å². The molecule has 0 spiro atoms. The molecule has 1 aromatic carbocycles. The zero-order valence-corrected chi connectivity index (χ0v) is 10.2. The average Bonchev–Trinajstić information content (AvgIpc) is 2.30. The number of hydrogen-bond donors (Lipinski definition) is 3. The van der Waals surface area contributed by atoms with Crippen LogP contribution in [0.3, 0.4) is 0 Å². The van der Waals surface area contributed by atoms with Gasteiger partial charge in [-0.2, -0.15) is 0 Å². The highest BCUT2D eigenvalue weighted by Crippen LogP contribution is 2.12. The first kappa shape index (κ1) is 13.5. The molecule has 1 rings (SSSR count). The second kappa shape index (κ2) is 6.88. The van der Waals surface area contributed by atoms with Crippen molar-refractivity contribution in [1.29, 1.82) is 0 Å². The van der Waals surface area contributed by atoms with E-state index >= 15 is 0 Å². The molecular weight excluding hydrogens is 242 g/mol. The maximum Gasteiger partial charge on any atom is 0.243 e. The molecule has 3 N–H and O–H groups in total. The Kier molecular flexibility index (Phi) is 5.45. The zero-order chi connectivity index (χ0) is 12.7. The summed E-state index contributed by atoms with van der Waals surface area (Å²) >= 11 is 5.71.